The molecule has 0 fully saturated rings. The van der Waals surface area contributed by atoms with Gasteiger partial charge in [-0.2, -0.15) is 0 Å². The van der Waals surface area contributed by atoms with Crippen molar-refractivity contribution in [3.8, 4) is 34.2 Å². The lowest BCUT2D eigenvalue weighted by molar-refractivity contribution is 0.112. The van der Waals surface area contributed by atoms with Gasteiger partial charge in [-0.1, -0.05) is 84.9 Å². The van der Waals surface area contributed by atoms with Crippen molar-refractivity contribution in [2.45, 2.75) is 0 Å². The molecule has 26 heavy (non-hydrogen) atoms. The van der Waals surface area contributed by atoms with Gasteiger partial charge in [0, 0.05) is 22.3 Å². The van der Waals surface area contributed by atoms with Crippen molar-refractivity contribution in [3.05, 3.63) is 90.5 Å². The number of carbonyl (C=O) groups excluding carboxylic acids is 1. The third-order valence-electron chi connectivity index (χ3n) is 4.00. The maximum absolute atomic E-state index is 10.9. The average molecular weight is 337 g/mol. The summed E-state index contributed by atoms with van der Waals surface area (Å²) in [6.07, 6.45) is 0.821. The smallest absolute Gasteiger partial charge is 0.164 e. The van der Waals surface area contributed by atoms with Gasteiger partial charge >= 0.3 is 0 Å². The standard InChI is InChI=1S/C22H15N3O/c26-15-16-11-13-19(14-12-16)22-24-20(17-7-3-1-4-8-17)23-21(25-22)18-9-5-2-6-10-18/h1-15H. The molecule has 0 atom stereocenters. The first-order valence-corrected chi connectivity index (χ1v) is 8.26. The van der Waals surface area contributed by atoms with E-state index in [1.54, 1.807) is 12.1 Å². The average Bonchev–Trinajstić information content (AvgIpc) is 2.75. The predicted molar refractivity (Wildman–Crippen MR) is 102 cm³/mol. The molecule has 0 aliphatic heterocycles. The fraction of sp³-hybridized carbons (Fsp3) is 0. The molecular weight excluding hydrogens is 322 g/mol. The Hall–Kier alpha value is -3.66. The largest absolute Gasteiger partial charge is 0.298 e. The molecule has 4 nitrogen and oxygen atoms in total. The lowest BCUT2D eigenvalue weighted by Gasteiger charge is -2.08. The summed E-state index contributed by atoms with van der Waals surface area (Å²) in [4.78, 5) is 24.8. The van der Waals surface area contributed by atoms with Crippen LogP contribution in [0.1, 0.15) is 10.4 Å². The maximum atomic E-state index is 10.9. The quantitative estimate of drug-likeness (QED) is 0.507. The van der Waals surface area contributed by atoms with Gasteiger partial charge in [-0.15, -0.1) is 0 Å². The van der Waals surface area contributed by atoms with Gasteiger partial charge in [0.25, 0.3) is 0 Å². The normalized spacial score (nSPS) is 10.5. The van der Waals surface area contributed by atoms with Crippen molar-refractivity contribution in [1.82, 2.24) is 15.0 Å². The van der Waals surface area contributed by atoms with E-state index >= 15 is 0 Å². The molecule has 0 spiro atoms. The molecule has 0 unspecified atom stereocenters. The summed E-state index contributed by atoms with van der Waals surface area (Å²) in [7, 11) is 0. The Morgan fingerprint density at radius 2 is 0.885 bits per heavy atom. The molecule has 0 aliphatic rings. The molecule has 124 valence electrons. The van der Waals surface area contributed by atoms with Gasteiger partial charge in [-0.3, -0.25) is 4.79 Å². The fourth-order valence-electron chi connectivity index (χ4n) is 2.65. The first kappa shape index (κ1) is 15.8. The van der Waals surface area contributed by atoms with E-state index in [0.29, 0.717) is 23.0 Å². The van der Waals surface area contributed by atoms with Crippen molar-refractivity contribution in [1.29, 1.82) is 0 Å². The number of nitrogens with zero attached hydrogens (tertiary/aromatic N) is 3. The molecule has 0 amide bonds. The van der Waals surface area contributed by atoms with Crippen LogP contribution in [0.3, 0.4) is 0 Å². The second-order valence-electron chi connectivity index (χ2n) is 5.78. The Morgan fingerprint density at radius 3 is 1.27 bits per heavy atom. The number of aldehydes is 1. The summed E-state index contributed by atoms with van der Waals surface area (Å²) < 4.78 is 0. The number of benzene rings is 3. The topological polar surface area (TPSA) is 55.7 Å². The molecule has 4 aromatic rings. The Balaban J connectivity index is 1.88. The number of aromatic nitrogens is 3. The highest BCUT2D eigenvalue weighted by molar-refractivity contribution is 5.76. The molecule has 0 N–H and O–H groups in total. The van der Waals surface area contributed by atoms with Gasteiger partial charge in [0.15, 0.2) is 17.5 Å². The zero-order valence-electron chi connectivity index (χ0n) is 13.9. The monoisotopic (exact) mass is 337 g/mol. The van der Waals surface area contributed by atoms with Crippen LogP contribution in [0.25, 0.3) is 34.2 Å². The molecule has 0 radical (unpaired) electrons. The summed E-state index contributed by atoms with van der Waals surface area (Å²) in [5.74, 6) is 1.82. The summed E-state index contributed by atoms with van der Waals surface area (Å²) in [6.45, 7) is 0. The van der Waals surface area contributed by atoms with Crippen LogP contribution in [0.5, 0.6) is 0 Å². The minimum Gasteiger partial charge on any atom is -0.298 e. The molecule has 0 aliphatic carbocycles. The van der Waals surface area contributed by atoms with Crippen LogP contribution in [0.15, 0.2) is 84.9 Å². The molecule has 1 aromatic heterocycles. The predicted octanol–water partition coefficient (Wildman–Crippen LogP) is 4.69. The van der Waals surface area contributed by atoms with E-state index in [0.717, 1.165) is 23.0 Å². The molecule has 4 heteroatoms. The SMILES string of the molecule is O=Cc1ccc(-c2nc(-c3ccccc3)nc(-c3ccccc3)n2)cc1. The second-order valence-corrected chi connectivity index (χ2v) is 5.78. The third-order valence-corrected chi connectivity index (χ3v) is 4.00. The molecule has 1 heterocycles. The molecule has 0 saturated heterocycles. The summed E-state index contributed by atoms with van der Waals surface area (Å²) in [5.41, 5.74) is 3.32. The van der Waals surface area contributed by atoms with Crippen molar-refractivity contribution in [3.63, 3.8) is 0 Å². The Morgan fingerprint density at radius 1 is 0.500 bits per heavy atom. The van der Waals surface area contributed by atoms with Gasteiger partial charge < -0.3 is 0 Å². The Labute approximate surface area is 151 Å². The van der Waals surface area contributed by atoms with Crippen LogP contribution in [0.4, 0.5) is 0 Å². The fourth-order valence-corrected chi connectivity index (χ4v) is 2.65. The Bertz CT molecular complexity index is 972. The van der Waals surface area contributed by atoms with E-state index in [1.807, 2.05) is 72.8 Å². The van der Waals surface area contributed by atoms with Crippen molar-refractivity contribution < 1.29 is 4.79 Å². The van der Waals surface area contributed by atoms with Crippen molar-refractivity contribution >= 4 is 6.29 Å². The summed E-state index contributed by atoms with van der Waals surface area (Å²) in [6, 6.07) is 26.9. The first-order valence-electron chi connectivity index (χ1n) is 8.26. The number of carbonyl (C=O) groups is 1. The number of rotatable bonds is 4. The maximum Gasteiger partial charge on any atom is 0.164 e. The highest BCUT2D eigenvalue weighted by Gasteiger charge is 2.11. The molecular formula is C22H15N3O. The number of hydrogen-bond donors (Lipinski definition) is 0. The van der Waals surface area contributed by atoms with Crippen LogP contribution in [-0.4, -0.2) is 21.2 Å². The van der Waals surface area contributed by atoms with Crippen LogP contribution in [0, 0.1) is 0 Å². The Kier molecular flexibility index (Phi) is 4.31. The van der Waals surface area contributed by atoms with Gasteiger partial charge in [0.2, 0.25) is 0 Å². The van der Waals surface area contributed by atoms with Crippen LogP contribution in [0.2, 0.25) is 0 Å². The minimum absolute atomic E-state index is 0.579. The highest BCUT2D eigenvalue weighted by Crippen LogP contribution is 2.24. The lowest BCUT2D eigenvalue weighted by atomic mass is 10.1. The summed E-state index contributed by atoms with van der Waals surface area (Å²) in [5, 5.41) is 0. The highest BCUT2D eigenvalue weighted by atomic mass is 16.1. The zero-order chi connectivity index (χ0) is 17.8. The van der Waals surface area contributed by atoms with E-state index in [9.17, 15) is 4.79 Å². The van der Waals surface area contributed by atoms with E-state index in [4.69, 9.17) is 0 Å². The van der Waals surface area contributed by atoms with E-state index in [1.165, 1.54) is 0 Å². The van der Waals surface area contributed by atoms with Crippen LogP contribution < -0.4 is 0 Å². The first-order chi connectivity index (χ1) is 12.8. The molecule has 4 rings (SSSR count). The zero-order valence-corrected chi connectivity index (χ0v) is 13.9. The van der Waals surface area contributed by atoms with Gasteiger partial charge in [0.1, 0.15) is 6.29 Å². The molecule has 0 saturated carbocycles. The lowest BCUT2D eigenvalue weighted by Crippen LogP contribution is -2.00. The summed E-state index contributed by atoms with van der Waals surface area (Å²) >= 11 is 0. The second kappa shape index (κ2) is 7.07. The van der Waals surface area contributed by atoms with Crippen LogP contribution >= 0.6 is 0 Å². The van der Waals surface area contributed by atoms with E-state index in [-0.39, 0.29) is 0 Å². The number of hydrogen-bond acceptors (Lipinski definition) is 4. The van der Waals surface area contributed by atoms with E-state index < -0.39 is 0 Å². The minimum atomic E-state index is 0.579. The van der Waals surface area contributed by atoms with Crippen LogP contribution in [-0.2, 0) is 0 Å². The van der Waals surface area contributed by atoms with E-state index in [2.05, 4.69) is 15.0 Å². The van der Waals surface area contributed by atoms with Crippen molar-refractivity contribution in [2.24, 2.45) is 0 Å². The van der Waals surface area contributed by atoms with Gasteiger partial charge in [-0.05, 0) is 0 Å². The third kappa shape index (κ3) is 3.26. The molecule has 0 bridgehead atoms. The molecule has 3 aromatic carbocycles. The van der Waals surface area contributed by atoms with Gasteiger partial charge in [-0.25, -0.2) is 15.0 Å². The van der Waals surface area contributed by atoms with Gasteiger partial charge in [0.05, 0.1) is 0 Å². The van der Waals surface area contributed by atoms with Crippen molar-refractivity contribution in [2.75, 3.05) is 0 Å².